The van der Waals surface area contributed by atoms with Crippen LogP contribution in [0.5, 0.6) is 0 Å². The zero-order chi connectivity index (χ0) is 13.0. The van der Waals surface area contributed by atoms with E-state index >= 15 is 0 Å². The minimum Gasteiger partial charge on any atom is -0.313 e. The zero-order valence-electron chi connectivity index (χ0n) is 10.4. The first kappa shape index (κ1) is 13.4. The molecular formula is C10H19N5O2S. The monoisotopic (exact) mass is 273 g/mol. The van der Waals surface area contributed by atoms with Crippen molar-refractivity contribution in [2.75, 3.05) is 13.1 Å². The van der Waals surface area contributed by atoms with Crippen LogP contribution in [-0.4, -0.2) is 47.8 Å². The highest BCUT2D eigenvalue weighted by molar-refractivity contribution is 7.90. The van der Waals surface area contributed by atoms with Crippen LogP contribution in [0.1, 0.15) is 19.8 Å². The number of sulfonamides is 1. The molecule has 8 heteroatoms. The molecule has 0 aromatic carbocycles. The molecule has 1 saturated carbocycles. The Labute approximate surface area is 107 Å². The molecule has 1 aliphatic rings. The van der Waals surface area contributed by atoms with E-state index in [0.717, 1.165) is 12.8 Å². The summed E-state index contributed by atoms with van der Waals surface area (Å²) in [6.45, 7) is 3.04. The van der Waals surface area contributed by atoms with E-state index in [2.05, 4.69) is 20.4 Å². The summed E-state index contributed by atoms with van der Waals surface area (Å²) in [5, 5.41) is 10.2. The lowest BCUT2D eigenvalue weighted by Crippen LogP contribution is -2.40. The number of rotatable bonds is 8. The van der Waals surface area contributed by atoms with E-state index in [1.807, 2.05) is 0 Å². The molecule has 1 aromatic rings. The molecule has 1 unspecified atom stereocenters. The molecular weight excluding hydrogens is 254 g/mol. The Morgan fingerprint density at radius 2 is 2.28 bits per heavy atom. The lowest BCUT2D eigenvalue weighted by molar-refractivity contribution is 0.538. The van der Waals surface area contributed by atoms with Crippen molar-refractivity contribution < 1.29 is 8.42 Å². The Morgan fingerprint density at radius 3 is 2.89 bits per heavy atom. The first-order valence-corrected chi connectivity index (χ1v) is 7.68. The summed E-state index contributed by atoms with van der Waals surface area (Å²) < 4.78 is 28.0. The summed E-state index contributed by atoms with van der Waals surface area (Å²) in [5.74, 6) is 0. The van der Waals surface area contributed by atoms with Crippen molar-refractivity contribution in [1.29, 1.82) is 0 Å². The van der Waals surface area contributed by atoms with Crippen molar-refractivity contribution in [3.8, 4) is 0 Å². The molecule has 1 aliphatic carbocycles. The highest BCUT2D eigenvalue weighted by atomic mass is 32.2. The van der Waals surface area contributed by atoms with Crippen molar-refractivity contribution >= 4 is 10.0 Å². The van der Waals surface area contributed by atoms with Crippen LogP contribution < -0.4 is 10.0 Å². The van der Waals surface area contributed by atoms with Crippen LogP contribution in [0.15, 0.2) is 12.4 Å². The van der Waals surface area contributed by atoms with Gasteiger partial charge in [-0.05, 0) is 19.8 Å². The number of hydrogen-bond donors (Lipinski definition) is 2. The summed E-state index contributed by atoms with van der Waals surface area (Å²) in [6.07, 6.45) is 5.59. The zero-order valence-corrected chi connectivity index (χ0v) is 11.2. The van der Waals surface area contributed by atoms with Gasteiger partial charge in [-0.15, -0.1) is 5.10 Å². The molecule has 1 atom stereocenters. The highest BCUT2D eigenvalue weighted by Gasteiger charge is 2.25. The van der Waals surface area contributed by atoms with E-state index in [4.69, 9.17) is 0 Å². The quantitative estimate of drug-likeness (QED) is 0.656. The molecule has 0 radical (unpaired) electrons. The average molecular weight is 273 g/mol. The fourth-order valence-corrected chi connectivity index (χ4v) is 2.50. The molecule has 7 nitrogen and oxygen atoms in total. The molecule has 0 spiro atoms. The van der Waals surface area contributed by atoms with E-state index < -0.39 is 15.3 Å². The second-order valence-corrected chi connectivity index (χ2v) is 6.78. The minimum atomic E-state index is -3.26. The van der Waals surface area contributed by atoms with E-state index in [-0.39, 0.29) is 0 Å². The lowest BCUT2D eigenvalue weighted by atomic mass is 10.4. The van der Waals surface area contributed by atoms with Crippen LogP contribution in [0.2, 0.25) is 0 Å². The Morgan fingerprint density at radius 1 is 1.50 bits per heavy atom. The second-order valence-electron chi connectivity index (χ2n) is 4.60. The number of nitrogens with zero attached hydrogens (tertiary/aromatic N) is 3. The van der Waals surface area contributed by atoms with Crippen molar-refractivity contribution in [3.05, 3.63) is 12.4 Å². The predicted octanol–water partition coefficient (Wildman–Crippen LogP) is -0.662. The summed E-state index contributed by atoms with van der Waals surface area (Å²) in [7, 11) is -3.26. The molecule has 0 bridgehead atoms. The van der Waals surface area contributed by atoms with Crippen molar-refractivity contribution in [2.45, 2.75) is 37.6 Å². The standard InChI is InChI=1S/C10H19N5O2S/c1-9(8-11-10-2-3-10)18(16,17)13-5-7-15-6-4-12-14-15/h4,6,9-11,13H,2-3,5,7-8H2,1H3. The topological polar surface area (TPSA) is 88.9 Å². The number of nitrogens with one attached hydrogen (secondary N) is 2. The fraction of sp³-hybridized carbons (Fsp3) is 0.800. The van der Waals surface area contributed by atoms with Gasteiger partial charge < -0.3 is 5.32 Å². The maximum atomic E-state index is 11.9. The van der Waals surface area contributed by atoms with E-state index in [1.54, 1.807) is 24.0 Å². The molecule has 1 heterocycles. The first-order valence-electron chi connectivity index (χ1n) is 6.14. The normalized spacial score (nSPS) is 17.8. The summed E-state index contributed by atoms with van der Waals surface area (Å²) in [6, 6.07) is 0.526. The average Bonchev–Trinajstić information content (AvgIpc) is 3.02. The SMILES string of the molecule is CC(CNC1CC1)S(=O)(=O)NCCn1ccnn1. The lowest BCUT2D eigenvalue weighted by Gasteiger charge is -2.14. The Hall–Kier alpha value is -0.990. The molecule has 18 heavy (non-hydrogen) atoms. The van der Waals surface area contributed by atoms with Crippen molar-refractivity contribution in [2.24, 2.45) is 0 Å². The third-order valence-electron chi connectivity index (χ3n) is 2.92. The van der Waals surface area contributed by atoms with Crippen LogP contribution in [0.4, 0.5) is 0 Å². The summed E-state index contributed by atoms with van der Waals surface area (Å²) >= 11 is 0. The van der Waals surface area contributed by atoms with Crippen LogP contribution >= 0.6 is 0 Å². The molecule has 0 saturated heterocycles. The highest BCUT2D eigenvalue weighted by Crippen LogP contribution is 2.18. The van der Waals surface area contributed by atoms with Crippen LogP contribution in [0.25, 0.3) is 0 Å². The Kier molecular flexibility index (Phi) is 4.31. The summed E-state index contributed by atoms with van der Waals surface area (Å²) in [4.78, 5) is 0. The van der Waals surface area contributed by atoms with Gasteiger partial charge in [0.15, 0.2) is 0 Å². The third kappa shape index (κ3) is 4.04. The molecule has 0 amide bonds. The molecule has 2 N–H and O–H groups in total. The molecule has 1 fully saturated rings. The van der Waals surface area contributed by atoms with Gasteiger partial charge in [-0.25, -0.2) is 13.1 Å². The molecule has 0 aliphatic heterocycles. The van der Waals surface area contributed by atoms with Crippen molar-refractivity contribution in [3.63, 3.8) is 0 Å². The number of aromatic nitrogens is 3. The molecule has 2 rings (SSSR count). The van der Waals surface area contributed by atoms with Gasteiger partial charge in [0.2, 0.25) is 10.0 Å². The van der Waals surface area contributed by atoms with Gasteiger partial charge in [-0.2, -0.15) is 0 Å². The van der Waals surface area contributed by atoms with Gasteiger partial charge in [-0.3, -0.25) is 4.68 Å². The minimum absolute atomic E-state index is 0.333. The van der Waals surface area contributed by atoms with Crippen LogP contribution in [0, 0.1) is 0 Å². The summed E-state index contributed by atoms with van der Waals surface area (Å²) in [5.41, 5.74) is 0. The van der Waals surface area contributed by atoms with Crippen molar-refractivity contribution in [1.82, 2.24) is 25.0 Å². The fourth-order valence-electron chi connectivity index (χ4n) is 1.53. The van der Waals surface area contributed by atoms with E-state index in [0.29, 0.717) is 25.7 Å². The van der Waals surface area contributed by atoms with Crippen LogP contribution in [-0.2, 0) is 16.6 Å². The van der Waals surface area contributed by atoms with Gasteiger partial charge in [0, 0.05) is 25.3 Å². The van der Waals surface area contributed by atoms with Crippen LogP contribution in [0.3, 0.4) is 0 Å². The van der Waals surface area contributed by atoms with Gasteiger partial charge in [0.25, 0.3) is 0 Å². The third-order valence-corrected chi connectivity index (χ3v) is 4.75. The van der Waals surface area contributed by atoms with E-state index in [1.165, 1.54) is 0 Å². The Balaban J connectivity index is 1.71. The smallest absolute Gasteiger partial charge is 0.215 e. The molecule has 1 aromatic heterocycles. The van der Waals surface area contributed by atoms with Gasteiger partial charge in [0.1, 0.15) is 0 Å². The Bertz CT molecular complexity index is 455. The second kappa shape index (κ2) is 5.77. The predicted molar refractivity (Wildman–Crippen MR) is 67.4 cm³/mol. The molecule has 102 valence electrons. The van der Waals surface area contributed by atoms with Gasteiger partial charge in [0.05, 0.1) is 18.0 Å². The van der Waals surface area contributed by atoms with Gasteiger partial charge >= 0.3 is 0 Å². The largest absolute Gasteiger partial charge is 0.313 e. The van der Waals surface area contributed by atoms with Gasteiger partial charge in [-0.1, -0.05) is 5.21 Å². The maximum absolute atomic E-state index is 11.9. The number of hydrogen-bond acceptors (Lipinski definition) is 5. The first-order chi connectivity index (χ1) is 8.58. The van der Waals surface area contributed by atoms with E-state index in [9.17, 15) is 8.42 Å². The maximum Gasteiger partial charge on any atom is 0.215 e.